The highest BCUT2D eigenvalue weighted by molar-refractivity contribution is 7.99. The van der Waals surface area contributed by atoms with E-state index in [1.54, 1.807) is 11.8 Å². The van der Waals surface area contributed by atoms with E-state index in [1.165, 1.54) is 12.1 Å². The Morgan fingerprint density at radius 3 is 2.88 bits per heavy atom. The molecule has 0 N–H and O–H groups in total. The number of alkyl halides is 1. The number of benzene rings is 1. The lowest BCUT2D eigenvalue weighted by atomic mass is 9.97. The van der Waals surface area contributed by atoms with Crippen molar-refractivity contribution in [2.24, 2.45) is 5.92 Å². The number of rotatable bonds is 3. The Hall–Kier alpha value is -0.810. The standard InChI is InChI=1S/C11H11ClFNO2S/c12-10-6-17-5-8(10)3-7-4-9(13)1-2-11(7)14(15)16/h1-2,4,8,10H,3,5-6H2. The van der Waals surface area contributed by atoms with E-state index in [-0.39, 0.29) is 17.0 Å². The fraction of sp³-hybridized carbons (Fsp3) is 0.455. The fourth-order valence-corrected chi connectivity index (χ4v) is 3.77. The SMILES string of the molecule is O=[N+]([O-])c1ccc(F)cc1CC1CSCC1Cl. The number of hydrogen-bond donors (Lipinski definition) is 0. The average Bonchev–Trinajstić information content (AvgIpc) is 2.64. The Balaban J connectivity index is 2.24. The Labute approximate surface area is 107 Å². The number of nitro benzene ring substituents is 1. The molecule has 0 aromatic heterocycles. The zero-order valence-corrected chi connectivity index (χ0v) is 10.5. The predicted octanol–water partition coefficient (Wildman–Crippen LogP) is 3.25. The summed E-state index contributed by atoms with van der Waals surface area (Å²) >= 11 is 7.85. The highest BCUT2D eigenvalue weighted by Crippen LogP contribution is 2.33. The van der Waals surface area contributed by atoms with Gasteiger partial charge in [-0.15, -0.1) is 11.6 Å². The highest BCUT2D eigenvalue weighted by Gasteiger charge is 2.28. The molecule has 2 rings (SSSR count). The summed E-state index contributed by atoms with van der Waals surface area (Å²) in [5.41, 5.74) is 0.417. The summed E-state index contributed by atoms with van der Waals surface area (Å²) in [5.74, 6) is 1.47. The van der Waals surface area contributed by atoms with Gasteiger partial charge in [0.15, 0.2) is 0 Å². The lowest BCUT2D eigenvalue weighted by Crippen LogP contribution is -2.15. The molecule has 0 bridgehead atoms. The second-order valence-electron chi connectivity index (χ2n) is 4.05. The van der Waals surface area contributed by atoms with Crippen LogP contribution in [0, 0.1) is 21.8 Å². The molecule has 1 saturated heterocycles. The molecule has 3 nitrogen and oxygen atoms in total. The van der Waals surface area contributed by atoms with E-state index in [1.807, 2.05) is 0 Å². The van der Waals surface area contributed by atoms with Gasteiger partial charge in [0.1, 0.15) is 5.82 Å². The van der Waals surface area contributed by atoms with Crippen molar-refractivity contribution in [3.05, 3.63) is 39.7 Å². The van der Waals surface area contributed by atoms with Gasteiger partial charge in [-0.25, -0.2) is 4.39 Å². The molecule has 1 heterocycles. The van der Waals surface area contributed by atoms with Crippen LogP contribution in [-0.2, 0) is 6.42 Å². The van der Waals surface area contributed by atoms with Crippen LogP contribution in [0.2, 0.25) is 0 Å². The van der Waals surface area contributed by atoms with E-state index in [0.29, 0.717) is 12.0 Å². The highest BCUT2D eigenvalue weighted by atomic mass is 35.5. The minimum Gasteiger partial charge on any atom is -0.258 e. The van der Waals surface area contributed by atoms with Crippen molar-refractivity contribution >= 4 is 29.1 Å². The third-order valence-electron chi connectivity index (χ3n) is 2.84. The van der Waals surface area contributed by atoms with Crippen molar-refractivity contribution in [1.29, 1.82) is 0 Å². The van der Waals surface area contributed by atoms with Crippen molar-refractivity contribution in [2.45, 2.75) is 11.8 Å². The zero-order valence-electron chi connectivity index (χ0n) is 8.94. The molecule has 1 aromatic rings. The second-order valence-corrected chi connectivity index (χ2v) is 5.68. The first-order chi connectivity index (χ1) is 8.08. The molecule has 1 fully saturated rings. The number of nitrogens with zero attached hydrogens (tertiary/aromatic N) is 1. The molecule has 1 aliphatic rings. The molecule has 0 aliphatic carbocycles. The van der Waals surface area contributed by atoms with Crippen LogP contribution in [0.1, 0.15) is 5.56 Å². The summed E-state index contributed by atoms with van der Waals surface area (Å²) < 4.78 is 13.1. The molecule has 17 heavy (non-hydrogen) atoms. The van der Waals surface area contributed by atoms with E-state index in [0.717, 1.165) is 17.6 Å². The van der Waals surface area contributed by atoms with Crippen LogP contribution >= 0.6 is 23.4 Å². The Morgan fingerprint density at radius 1 is 1.53 bits per heavy atom. The first-order valence-corrected chi connectivity index (χ1v) is 6.81. The second kappa shape index (κ2) is 5.23. The van der Waals surface area contributed by atoms with Gasteiger partial charge in [-0.1, -0.05) is 0 Å². The van der Waals surface area contributed by atoms with Gasteiger partial charge >= 0.3 is 0 Å². The molecule has 92 valence electrons. The van der Waals surface area contributed by atoms with E-state index < -0.39 is 10.7 Å². The average molecular weight is 276 g/mol. The third kappa shape index (κ3) is 2.90. The van der Waals surface area contributed by atoms with Gasteiger partial charge in [-0.05, 0) is 30.2 Å². The van der Waals surface area contributed by atoms with Crippen LogP contribution in [0.15, 0.2) is 18.2 Å². The number of halogens is 2. The Bertz CT molecular complexity index is 443. The molecule has 0 amide bonds. The smallest absolute Gasteiger partial charge is 0.258 e. The zero-order chi connectivity index (χ0) is 12.4. The van der Waals surface area contributed by atoms with E-state index in [2.05, 4.69) is 0 Å². The maximum Gasteiger partial charge on any atom is 0.272 e. The molecule has 0 radical (unpaired) electrons. The van der Waals surface area contributed by atoms with Gasteiger partial charge < -0.3 is 0 Å². The summed E-state index contributed by atoms with van der Waals surface area (Å²) in [5, 5.41) is 10.8. The molecule has 0 spiro atoms. The van der Waals surface area contributed by atoms with Gasteiger partial charge in [0.05, 0.1) is 4.92 Å². The molecule has 1 aliphatic heterocycles. The third-order valence-corrected chi connectivity index (χ3v) is 4.79. The summed E-state index contributed by atoms with van der Waals surface area (Å²) in [6.07, 6.45) is 0.468. The minimum absolute atomic E-state index is 0.0165. The van der Waals surface area contributed by atoms with E-state index in [9.17, 15) is 14.5 Å². The van der Waals surface area contributed by atoms with Gasteiger partial charge in [-0.3, -0.25) is 10.1 Å². The summed E-state index contributed by atoms with van der Waals surface area (Å²) in [6.45, 7) is 0. The van der Waals surface area contributed by atoms with Crippen molar-refractivity contribution in [1.82, 2.24) is 0 Å². The van der Waals surface area contributed by atoms with Crippen LogP contribution in [0.5, 0.6) is 0 Å². The first-order valence-electron chi connectivity index (χ1n) is 5.22. The first kappa shape index (κ1) is 12.6. The molecular formula is C11H11ClFNO2S. The summed E-state index contributed by atoms with van der Waals surface area (Å²) in [6, 6.07) is 3.57. The quantitative estimate of drug-likeness (QED) is 0.483. The molecule has 2 atom stereocenters. The lowest BCUT2D eigenvalue weighted by molar-refractivity contribution is -0.385. The minimum atomic E-state index is -0.472. The maximum atomic E-state index is 13.1. The van der Waals surface area contributed by atoms with Gasteiger partial charge in [-0.2, -0.15) is 11.8 Å². The molecule has 0 saturated carbocycles. The lowest BCUT2D eigenvalue weighted by Gasteiger charge is -2.12. The predicted molar refractivity (Wildman–Crippen MR) is 67.2 cm³/mol. The number of hydrogen-bond acceptors (Lipinski definition) is 3. The number of thioether (sulfide) groups is 1. The van der Waals surface area contributed by atoms with Crippen LogP contribution in [-0.4, -0.2) is 21.8 Å². The van der Waals surface area contributed by atoms with Gasteiger partial charge in [0, 0.05) is 22.8 Å². The molecular weight excluding hydrogens is 265 g/mol. The van der Waals surface area contributed by atoms with Crippen LogP contribution in [0.25, 0.3) is 0 Å². The molecule has 2 unspecified atom stereocenters. The van der Waals surface area contributed by atoms with Crippen molar-refractivity contribution in [3.8, 4) is 0 Å². The molecule has 1 aromatic carbocycles. The van der Waals surface area contributed by atoms with Gasteiger partial charge in [0.25, 0.3) is 5.69 Å². The van der Waals surface area contributed by atoms with E-state index in [4.69, 9.17) is 11.6 Å². The van der Waals surface area contributed by atoms with Crippen molar-refractivity contribution < 1.29 is 9.31 Å². The van der Waals surface area contributed by atoms with Gasteiger partial charge in [0.2, 0.25) is 0 Å². The largest absolute Gasteiger partial charge is 0.272 e. The fourth-order valence-electron chi connectivity index (χ4n) is 1.94. The molecule has 6 heteroatoms. The van der Waals surface area contributed by atoms with Crippen LogP contribution in [0.4, 0.5) is 10.1 Å². The normalized spacial score (nSPS) is 23.9. The van der Waals surface area contributed by atoms with Crippen molar-refractivity contribution in [2.75, 3.05) is 11.5 Å². The monoisotopic (exact) mass is 275 g/mol. The topological polar surface area (TPSA) is 43.1 Å². The van der Waals surface area contributed by atoms with Crippen LogP contribution < -0.4 is 0 Å². The van der Waals surface area contributed by atoms with Crippen molar-refractivity contribution in [3.63, 3.8) is 0 Å². The van der Waals surface area contributed by atoms with E-state index >= 15 is 0 Å². The summed E-state index contributed by atoms with van der Waals surface area (Å²) in [4.78, 5) is 10.4. The Morgan fingerprint density at radius 2 is 2.29 bits per heavy atom. The van der Waals surface area contributed by atoms with Crippen LogP contribution in [0.3, 0.4) is 0 Å². The summed E-state index contributed by atoms with van der Waals surface area (Å²) in [7, 11) is 0. The number of nitro groups is 1. The Kier molecular flexibility index (Phi) is 3.89. The maximum absolute atomic E-state index is 13.1.